The minimum Gasteiger partial charge on any atom is -0.401 e. The Kier molecular flexibility index (Phi) is 2.65. The van der Waals surface area contributed by atoms with Gasteiger partial charge in [0.25, 0.3) is 0 Å². The standard InChI is InChI=1S/C8H6ClFO2/c1-5-2-3-6(9)4-7(5)12-8(10)11/h2-4H,1H3. The number of carbonyl (C=O) groups is 1. The SMILES string of the molecule is Cc1ccc(Cl)cc1OC(=O)F. The number of ether oxygens (including phenoxy) is 1. The van der Waals surface area contributed by atoms with Gasteiger partial charge in [0, 0.05) is 5.02 Å². The first-order valence-corrected chi connectivity index (χ1v) is 3.61. The molecule has 1 aromatic rings. The summed E-state index contributed by atoms with van der Waals surface area (Å²) in [5, 5.41) is 0.400. The Bertz CT molecular complexity index is 312. The first kappa shape index (κ1) is 9.00. The Morgan fingerprint density at radius 2 is 2.25 bits per heavy atom. The zero-order valence-corrected chi connectivity index (χ0v) is 7.06. The van der Waals surface area contributed by atoms with E-state index in [9.17, 15) is 9.18 Å². The third kappa shape index (κ3) is 2.20. The van der Waals surface area contributed by atoms with E-state index < -0.39 is 6.22 Å². The highest BCUT2D eigenvalue weighted by Gasteiger charge is 2.05. The van der Waals surface area contributed by atoms with Crippen LogP contribution in [-0.2, 0) is 0 Å². The molecule has 0 aliphatic heterocycles. The highest BCUT2D eigenvalue weighted by atomic mass is 35.5. The normalized spacial score (nSPS) is 9.58. The van der Waals surface area contributed by atoms with Gasteiger partial charge in [-0.15, -0.1) is 4.39 Å². The number of halogens is 2. The molecule has 0 saturated carbocycles. The van der Waals surface area contributed by atoms with Crippen LogP contribution in [0.5, 0.6) is 5.75 Å². The van der Waals surface area contributed by atoms with E-state index in [0.29, 0.717) is 10.6 Å². The van der Waals surface area contributed by atoms with Gasteiger partial charge in [0.1, 0.15) is 5.75 Å². The second-order valence-corrected chi connectivity index (χ2v) is 2.69. The number of carbonyl (C=O) groups excluding carboxylic acids is 1. The van der Waals surface area contributed by atoms with Gasteiger partial charge >= 0.3 is 6.22 Å². The first-order valence-electron chi connectivity index (χ1n) is 3.23. The molecule has 0 unspecified atom stereocenters. The summed E-state index contributed by atoms with van der Waals surface area (Å²) in [6.45, 7) is 1.69. The van der Waals surface area contributed by atoms with Crippen molar-refractivity contribution >= 4 is 17.8 Å². The summed E-state index contributed by atoms with van der Waals surface area (Å²) in [5.74, 6) is 0.148. The highest BCUT2D eigenvalue weighted by Crippen LogP contribution is 2.22. The van der Waals surface area contributed by atoms with Crippen LogP contribution in [0.15, 0.2) is 18.2 Å². The second-order valence-electron chi connectivity index (χ2n) is 2.25. The summed E-state index contributed by atoms with van der Waals surface area (Å²) in [6.07, 6.45) is -1.83. The van der Waals surface area contributed by atoms with Crippen molar-refractivity contribution in [3.05, 3.63) is 28.8 Å². The Morgan fingerprint density at radius 3 is 2.83 bits per heavy atom. The van der Waals surface area contributed by atoms with Crippen molar-refractivity contribution in [1.29, 1.82) is 0 Å². The van der Waals surface area contributed by atoms with Crippen LogP contribution in [-0.4, -0.2) is 6.22 Å². The summed E-state index contributed by atoms with van der Waals surface area (Å²) < 4.78 is 16.0. The molecule has 0 heterocycles. The molecule has 1 aromatic carbocycles. The molecule has 0 aromatic heterocycles. The maximum Gasteiger partial charge on any atom is 0.500 e. The predicted molar refractivity (Wildman–Crippen MR) is 43.3 cm³/mol. The molecule has 4 heteroatoms. The van der Waals surface area contributed by atoms with Crippen LogP contribution in [0, 0.1) is 6.92 Å². The Morgan fingerprint density at radius 1 is 1.58 bits per heavy atom. The van der Waals surface area contributed by atoms with E-state index in [4.69, 9.17) is 11.6 Å². The molecular weight excluding hydrogens is 183 g/mol. The summed E-state index contributed by atoms with van der Waals surface area (Å²) >= 11 is 5.59. The van der Waals surface area contributed by atoms with Gasteiger partial charge in [-0.25, -0.2) is 4.79 Å². The lowest BCUT2D eigenvalue weighted by Crippen LogP contribution is -1.98. The molecule has 0 aliphatic rings. The van der Waals surface area contributed by atoms with Crippen molar-refractivity contribution < 1.29 is 13.9 Å². The molecule has 0 spiro atoms. The number of hydrogen-bond acceptors (Lipinski definition) is 2. The van der Waals surface area contributed by atoms with Gasteiger partial charge in [-0.05, 0) is 24.6 Å². The predicted octanol–water partition coefficient (Wildman–Crippen LogP) is 3.12. The third-order valence-corrected chi connectivity index (χ3v) is 1.58. The van der Waals surface area contributed by atoms with E-state index in [2.05, 4.69) is 4.74 Å². The van der Waals surface area contributed by atoms with Gasteiger partial charge in [-0.2, -0.15) is 0 Å². The Balaban J connectivity index is 2.97. The summed E-state index contributed by atoms with van der Waals surface area (Å²) in [4.78, 5) is 9.94. The third-order valence-electron chi connectivity index (χ3n) is 1.34. The smallest absolute Gasteiger partial charge is 0.401 e. The summed E-state index contributed by atoms with van der Waals surface area (Å²) in [7, 11) is 0. The fourth-order valence-corrected chi connectivity index (χ4v) is 0.932. The number of aryl methyl sites for hydroxylation is 1. The zero-order chi connectivity index (χ0) is 9.14. The van der Waals surface area contributed by atoms with Crippen molar-refractivity contribution in [3.8, 4) is 5.75 Å². The maximum absolute atomic E-state index is 11.8. The van der Waals surface area contributed by atoms with Gasteiger partial charge < -0.3 is 4.74 Å². The van der Waals surface area contributed by atoms with E-state index in [1.54, 1.807) is 19.1 Å². The van der Waals surface area contributed by atoms with Crippen LogP contribution in [0.1, 0.15) is 5.56 Å². The molecule has 0 aliphatic carbocycles. The monoisotopic (exact) mass is 188 g/mol. The van der Waals surface area contributed by atoms with Crippen molar-refractivity contribution in [2.24, 2.45) is 0 Å². The topological polar surface area (TPSA) is 26.3 Å². The molecule has 64 valence electrons. The van der Waals surface area contributed by atoms with E-state index in [1.165, 1.54) is 6.07 Å². The van der Waals surface area contributed by atoms with Gasteiger partial charge in [0.05, 0.1) is 0 Å². The molecule has 1 rings (SSSR count). The fraction of sp³-hybridized carbons (Fsp3) is 0.125. The van der Waals surface area contributed by atoms with Crippen molar-refractivity contribution in [1.82, 2.24) is 0 Å². The van der Waals surface area contributed by atoms with E-state index in [0.717, 1.165) is 0 Å². The van der Waals surface area contributed by atoms with E-state index in [-0.39, 0.29) is 5.75 Å². The molecule has 0 radical (unpaired) electrons. The van der Waals surface area contributed by atoms with Gasteiger partial charge in [0.2, 0.25) is 0 Å². The quantitative estimate of drug-likeness (QED) is 0.633. The molecule has 2 nitrogen and oxygen atoms in total. The van der Waals surface area contributed by atoms with Gasteiger partial charge in [-0.1, -0.05) is 17.7 Å². The fourth-order valence-electron chi connectivity index (χ4n) is 0.770. The van der Waals surface area contributed by atoms with Crippen LogP contribution in [0.4, 0.5) is 9.18 Å². The van der Waals surface area contributed by atoms with Crippen LogP contribution < -0.4 is 4.74 Å². The van der Waals surface area contributed by atoms with Crippen molar-refractivity contribution in [3.63, 3.8) is 0 Å². The van der Waals surface area contributed by atoms with E-state index in [1.807, 2.05) is 0 Å². The number of rotatable bonds is 1. The van der Waals surface area contributed by atoms with Crippen molar-refractivity contribution in [2.45, 2.75) is 6.92 Å². The lowest BCUT2D eigenvalue weighted by atomic mass is 10.2. The highest BCUT2D eigenvalue weighted by molar-refractivity contribution is 6.30. The number of benzene rings is 1. The molecule has 0 fully saturated rings. The summed E-state index contributed by atoms with van der Waals surface area (Å²) in [5.41, 5.74) is 0.658. The molecule has 12 heavy (non-hydrogen) atoms. The summed E-state index contributed by atoms with van der Waals surface area (Å²) in [6, 6.07) is 4.65. The molecule has 0 N–H and O–H groups in total. The molecular formula is C8H6ClFO2. The lowest BCUT2D eigenvalue weighted by Gasteiger charge is -2.02. The maximum atomic E-state index is 11.8. The lowest BCUT2D eigenvalue weighted by molar-refractivity contribution is 0.175. The minimum atomic E-state index is -1.83. The van der Waals surface area contributed by atoms with Crippen LogP contribution in [0.3, 0.4) is 0 Å². The Hall–Kier alpha value is -1.09. The second kappa shape index (κ2) is 3.54. The van der Waals surface area contributed by atoms with Gasteiger partial charge in [0.15, 0.2) is 0 Å². The first-order chi connectivity index (χ1) is 5.59. The Labute approximate surface area is 73.9 Å². The average Bonchev–Trinajstić information content (AvgIpc) is 1.96. The van der Waals surface area contributed by atoms with Crippen LogP contribution >= 0.6 is 11.6 Å². The molecule has 0 atom stereocenters. The van der Waals surface area contributed by atoms with Crippen LogP contribution in [0.2, 0.25) is 5.02 Å². The minimum absolute atomic E-state index is 0.148. The molecule has 0 amide bonds. The van der Waals surface area contributed by atoms with Gasteiger partial charge in [-0.3, -0.25) is 0 Å². The van der Waals surface area contributed by atoms with Crippen molar-refractivity contribution in [2.75, 3.05) is 0 Å². The van der Waals surface area contributed by atoms with Crippen LogP contribution in [0.25, 0.3) is 0 Å². The zero-order valence-electron chi connectivity index (χ0n) is 6.30. The molecule has 0 saturated heterocycles. The largest absolute Gasteiger partial charge is 0.500 e. The van der Waals surface area contributed by atoms with E-state index >= 15 is 0 Å². The molecule has 0 bridgehead atoms. The number of hydrogen-bond donors (Lipinski definition) is 0. The average molecular weight is 189 g/mol.